The van der Waals surface area contributed by atoms with Gasteiger partial charge in [0.15, 0.2) is 8.32 Å². The fraction of sp³-hybridized carbons (Fsp3) is 0.615. The van der Waals surface area contributed by atoms with E-state index in [4.69, 9.17) is 14.3 Å². The first-order chi connectivity index (χ1) is 15.7. The largest absolute Gasteiger partial charge is 0.444 e. The summed E-state index contributed by atoms with van der Waals surface area (Å²) in [5.74, 6) is 1.03. The number of halogens is 1. The van der Waals surface area contributed by atoms with E-state index in [1.165, 1.54) is 0 Å². The minimum absolute atomic E-state index is 0.199. The summed E-state index contributed by atoms with van der Waals surface area (Å²) >= 11 is 2.33. The number of nitrogens with one attached hydrogen (secondary N) is 1. The normalized spacial score (nSPS) is 19.3. The first-order valence-electron chi connectivity index (χ1n) is 12.1. The SMILES string of the molecule is CC(C)(C)n1nc([C@H]2CC[C@@H](O[Si](C)(C)C(C)(C)C)C2)c(I)c1NC(=O)OCc1ccccc1. The van der Waals surface area contributed by atoms with Crippen molar-refractivity contribution >= 4 is 42.8 Å². The molecule has 8 heteroatoms. The number of nitrogens with zero attached hydrogens (tertiary/aromatic N) is 2. The maximum absolute atomic E-state index is 12.7. The molecule has 0 radical (unpaired) electrons. The number of hydrogen-bond acceptors (Lipinski definition) is 4. The van der Waals surface area contributed by atoms with E-state index in [-0.39, 0.29) is 23.3 Å². The van der Waals surface area contributed by atoms with Gasteiger partial charge in [-0.1, -0.05) is 51.1 Å². The molecule has 6 nitrogen and oxygen atoms in total. The van der Waals surface area contributed by atoms with Gasteiger partial charge in [0.1, 0.15) is 12.4 Å². The highest BCUT2D eigenvalue weighted by Gasteiger charge is 2.42. The Morgan fingerprint density at radius 2 is 1.79 bits per heavy atom. The Morgan fingerprint density at radius 3 is 2.38 bits per heavy atom. The number of ether oxygens (including phenoxy) is 1. The van der Waals surface area contributed by atoms with E-state index in [9.17, 15) is 4.79 Å². The van der Waals surface area contributed by atoms with Crippen molar-refractivity contribution in [2.75, 3.05) is 5.32 Å². The number of carbonyl (C=O) groups excluding carboxylic acids is 1. The summed E-state index contributed by atoms with van der Waals surface area (Å²) in [6.45, 7) is 18.0. The number of rotatable bonds is 6. The quantitative estimate of drug-likeness (QED) is 0.275. The number of benzene rings is 1. The fourth-order valence-corrected chi connectivity index (χ4v) is 6.33. The van der Waals surface area contributed by atoms with Crippen LogP contribution in [0.5, 0.6) is 0 Å². The fourth-order valence-electron chi connectivity index (χ4n) is 4.01. The molecule has 1 fully saturated rings. The Morgan fingerprint density at radius 1 is 1.15 bits per heavy atom. The van der Waals surface area contributed by atoms with Gasteiger partial charge >= 0.3 is 6.09 Å². The third-order valence-corrected chi connectivity index (χ3v) is 12.6. The molecule has 1 amide bonds. The van der Waals surface area contributed by atoms with Crippen LogP contribution in [-0.2, 0) is 21.3 Å². The molecule has 1 heterocycles. The van der Waals surface area contributed by atoms with Gasteiger partial charge in [0.05, 0.1) is 14.8 Å². The zero-order valence-electron chi connectivity index (χ0n) is 21.9. The highest BCUT2D eigenvalue weighted by atomic mass is 127. The Hall–Kier alpha value is -1.39. The molecule has 0 unspecified atom stereocenters. The molecule has 1 aliphatic rings. The smallest absolute Gasteiger partial charge is 0.413 e. The lowest BCUT2D eigenvalue weighted by atomic mass is 10.0. The van der Waals surface area contributed by atoms with Crippen LogP contribution in [0.4, 0.5) is 10.6 Å². The van der Waals surface area contributed by atoms with E-state index in [1.807, 2.05) is 35.0 Å². The molecular formula is C26H40IN3O3Si. The van der Waals surface area contributed by atoms with Crippen molar-refractivity contribution in [1.29, 1.82) is 0 Å². The van der Waals surface area contributed by atoms with E-state index in [0.29, 0.717) is 11.7 Å². The van der Waals surface area contributed by atoms with Crippen LogP contribution in [0.25, 0.3) is 0 Å². The Balaban J connectivity index is 1.75. The van der Waals surface area contributed by atoms with E-state index in [1.54, 1.807) is 0 Å². The summed E-state index contributed by atoms with van der Waals surface area (Å²) < 4.78 is 15.1. The van der Waals surface area contributed by atoms with Gasteiger partial charge in [0.25, 0.3) is 0 Å². The second-order valence-electron chi connectivity index (χ2n) is 11.8. The van der Waals surface area contributed by atoms with E-state index >= 15 is 0 Å². The second-order valence-corrected chi connectivity index (χ2v) is 17.7. The summed E-state index contributed by atoms with van der Waals surface area (Å²) in [4.78, 5) is 12.7. The molecule has 34 heavy (non-hydrogen) atoms. The number of amides is 1. The van der Waals surface area contributed by atoms with Crippen LogP contribution < -0.4 is 5.32 Å². The lowest BCUT2D eigenvalue weighted by Crippen LogP contribution is -2.43. The van der Waals surface area contributed by atoms with Gasteiger partial charge in [-0.15, -0.1) is 0 Å². The summed E-state index contributed by atoms with van der Waals surface area (Å²) in [6, 6.07) is 9.70. The van der Waals surface area contributed by atoms with Crippen LogP contribution in [0.3, 0.4) is 0 Å². The zero-order valence-corrected chi connectivity index (χ0v) is 25.0. The molecule has 188 valence electrons. The lowest BCUT2D eigenvalue weighted by molar-refractivity contribution is 0.154. The van der Waals surface area contributed by atoms with Crippen molar-refractivity contribution in [1.82, 2.24) is 9.78 Å². The molecule has 0 spiro atoms. The van der Waals surface area contributed by atoms with E-state index in [0.717, 1.165) is 34.1 Å². The number of hydrogen-bond donors (Lipinski definition) is 1. The molecule has 3 rings (SSSR count). The minimum Gasteiger partial charge on any atom is -0.444 e. The number of anilines is 1. The van der Waals surface area contributed by atoms with Crippen molar-refractivity contribution in [3.63, 3.8) is 0 Å². The molecule has 0 aliphatic heterocycles. The minimum atomic E-state index is -1.81. The molecule has 1 aromatic heterocycles. The molecule has 1 aliphatic carbocycles. The Labute approximate surface area is 219 Å². The van der Waals surface area contributed by atoms with Gasteiger partial charge in [-0.3, -0.25) is 5.32 Å². The monoisotopic (exact) mass is 597 g/mol. The third-order valence-electron chi connectivity index (χ3n) is 6.96. The summed E-state index contributed by atoms with van der Waals surface area (Å²) in [5, 5.41) is 8.18. The van der Waals surface area contributed by atoms with Crippen molar-refractivity contribution < 1.29 is 14.0 Å². The van der Waals surface area contributed by atoms with Crippen LogP contribution in [-0.4, -0.2) is 30.3 Å². The standard InChI is InChI=1S/C26H40IN3O3Si/c1-25(2,3)30-23(28-24(31)32-17-18-12-10-9-11-13-18)21(27)22(29-30)19-14-15-20(16-19)33-34(7,8)26(4,5)6/h9-13,19-20H,14-17H2,1-8H3,(H,28,31)/t19-,20+/m0/s1. The summed E-state index contributed by atoms with van der Waals surface area (Å²) in [7, 11) is -1.81. The van der Waals surface area contributed by atoms with Gasteiger partial charge in [-0.05, 0) is 86.3 Å². The van der Waals surface area contributed by atoms with Gasteiger partial charge in [0.2, 0.25) is 0 Å². The van der Waals surface area contributed by atoms with E-state index < -0.39 is 14.4 Å². The average molecular weight is 598 g/mol. The van der Waals surface area contributed by atoms with Crippen LogP contribution >= 0.6 is 22.6 Å². The first kappa shape index (κ1) is 27.2. The van der Waals surface area contributed by atoms with E-state index in [2.05, 4.69) is 82.5 Å². The van der Waals surface area contributed by atoms with Crippen LogP contribution in [0, 0.1) is 3.57 Å². The molecule has 0 bridgehead atoms. The first-order valence-corrected chi connectivity index (χ1v) is 16.1. The number of aromatic nitrogens is 2. The van der Waals surface area contributed by atoms with Gasteiger partial charge in [-0.25, -0.2) is 9.48 Å². The zero-order chi connectivity index (χ0) is 25.3. The van der Waals surface area contributed by atoms with Crippen LogP contribution in [0.1, 0.15) is 78.0 Å². The van der Waals surface area contributed by atoms with Crippen molar-refractivity contribution in [2.24, 2.45) is 0 Å². The van der Waals surface area contributed by atoms with Crippen molar-refractivity contribution in [2.45, 2.75) is 103 Å². The molecule has 0 saturated heterocycles. The summed E-state index contributed by atoms with van der Waals surface area (Å²) in [5.41, 5.74) is 1.72. The van der Waals surface area contributed by atoms with Crippen molar-refractivity contribution in [3.8, 4) is 0 Å². The predicted molar refractivity (Wildman–Crippen MR) is 149 cm³/mol. The average Bonchev–Trinajstić information content (AvgIpc) is 3.30. The Kier molecular flexibility index (Phi) is 8.24. The lowest BCUT2D eigenvalue weighted by Gasteiger charge is -2.38. The van der Waals surface area contributed by atoms with Gasteiger partial charge < -0.3 is 9.16 Å². The molecule has 1 N–H and O–H groups in total. The maximum atomic E-state index is 12.7. The van der Waals surface area contributed by atoms with Crippen molar-refractivity contribution in [3.05, 3.63) is 45.2 Å². The number of carbonyl (C=O) groups is 1. The molecule has 2 atom stereocenters. The second kappa shape index (κ2) is 10.3. The molecular weight excluding hydrogens is 557 g/mol. The highest BCUT2D eigenvalue weighted by molar-refractivity contribution is 14.1. The molecule has 1 aromatic carbocycles. The highest BCUT2D eigenvalue weighted by Crippen LogP contribution is 2.44. The Bertz CT molecular complexity index is 993. The molecule has 2 aromatic rings. The van der Waals surface area contributed by atoms with Crippen LogP contribution in [0.2, 0.25) is 18.1 Å². The predicted octanol–water partition coefficient (Wildman–Crippen LogP) is 7.65. The third kappa shape index (κ3) is 6.43. The maximum Gasteiger partial charge on any atom is 0.413 e. The topological polar surface area (TPSA) is 65.4 Å². The summed E-state index contributed by atoms with van der Waals surface area (Å²) in [6.07, 6.45) is 2.88. The van der Waals surface area contributed by atoms with Crippen LogP contribution in [0.15, 0.2) is 30.3 Å². The van der Waals surface area contributed by atoms with Gasteiger partial charge in [-0.2, -0.15) is 5.10 Å². The molecule has 1 saturated carbocycles. The van der Waals surface area contributed by atoms with Gasteiger partial charge in [0, 0.05) is 12.0 Å².